The molecular weight excluding hydrogens is 424 g/mol. The van der Waals surface area contributed by atoms with E-state index in [9.17, 15) is 13.2 Å². The van der Waals surface area contributed by atoms with Gasteiger partial charge in [0, 0.05) is 19.2 Å². The van der Waals surface area contributed by atoms with Crippen molar-refractivity contribution in [3.05, 3.63) is 30.3 Å². The Morgan fingerprint density at radius 3 is 2.47 bits per heavy atom. The van der Waals surface area contributed by atoms with Crippen molar-refractivity contribution in [2.45, 2.75) is 48.2 Å². The van der Waals surface area contributed by atoms with Crippen molar-refractivity contribution in [2.75, 3.05) is 29.6 Å². The minimum Gasteiger partial charge on any atom is -0.383 e. The molecule has 0 unspecified atom stereocenters. The molecule has 5 N–H and O–H groups in total. The number of carbonyl (C=O) groups excluding carboxylic acids is 1. The van der Waals surface area contributed by atoms with E-state index >= 15 is 0 Å². The summed E-state index contributed by atoms with van der Waals surface area (Å²) in [6.07, 6.45) is 4.89. The number of para-hydroxylation sites is 1. The molecule has 0 radical (unpaired) electrons. The van der Waals surface area contributed by atoms with Gasteiger partial charge >= 0.3 is 0 Å². The highest BCUT2D eigenvalue weighted by Gasteiger charge is 2.31. The van der Waals surface area contributed by atoms with Gasteiger partial charge in [0.15, 0.2) is 5.16 Å². The maximum Gasteiger partial charge on any atom is 0.245 e. The molecule has 2 aromatic rings. The Kier molecular flexibility index (Phi) is 7.16. The van der Waals surface area contributed by atoms with Crippen molar-refractivity contribution in [3.8, 4) is 0 Å². The van der Waals surface area contributed by atoms with Crippen molar-refractivity contribution in [1.82, 2.24) is 14.3 Å². The zero-order chi connectivity index (χ0) is 21.7. The second-order valence-corrected chi connectivity index (χ2v) is 10.1. The molecule has 30 heavy (non-hydrogen) atoms. The van der Waals surface area contributed by atoms with Crippen LogP contribution in [-0.4, -0.2) is 47.4 Å². The maximum absolute atomic E-state index is 13.2. The van der Waals surface area contributed by atoms with Crippen molar-refractivity contribution in [1.29, 1.82) is 0 Å². The fraction of sp³-hybridized carbons (Fsp3) is 0.421. The number of hydrogen-bond donors (Lipinski definition) is 3. The number of rotatable bonds is 7. The van der Waals surface area contributed by atoms with E-state index in [4.69, 9.17) is 11.5 Å². The summed E-state index contributed by atoms with van der Waals surface area (Å²) in [7, 11) is -2.13. The van der Waals surface area contributed by atoms with Gasteiger partial charge in [-0.1, -0.05) is 43.2 Å². The van der Waals surface area contributed by atoms with Gasteiger partial charge in [-0.2, -0.15) is 4.31 Å². The molecule has 0 aliphatic heterocycles. The number of thioether (sulfide) groups is 1. The Morgan fingerprint density at radius 1 is 1.17 bits per heavy atom. The van der Waals surface area contributed by atoms with Crippen LogP contribution in [0.25, 0.3) is 0 Å². The quantitative estimate of drug-likeness (QED) is 0.430. The molecule has 1 aromatic heterocycles. The molecular formula is C19H26N6O3S2. The first-order chi connectivity index (χ1) is 14.3. The van der Waals surface area contributed by atoms with Crippen LogP contribution in [0.15, 0.2) is 40.4 Å². The summed E-state index contributed by atoms with van der Waals surface area (Å²) >= 11 is 1.06. The summed E-state index contributed by atoms with van der Waals surface area (Å²) in [4.78, 5) is 20.6. The van der Waals surface area contributed by atoms with E-state index in [0.29, 0.717) is 0 Å². The van der Waals surface area contributed by atoms with Gasteiger partial charge in [-0.3, -0.25) is 4.79 Å². The number of nitrogen functional groups attached to an aromatic ring is 2. The number of sulfonamides is 1. The SMILES string of the molecule is CN(C1CCCCC1)S(=O)(=O)c1ccccc1NC(=O)CSc1nc(N)cc(N)n1. The molecule has 0 bridgehead atoms. The summed E-state index contributed by atoms with van der Waals surface area (Å²) in [6, 6.07) is 7.83. The Bertz CT molecular complexity index is 989. The molecule has 1 fully saturated rings. The number of nitrogens with two attached hydrogens (primary N) is 2. The zero-order valence-corrected chi connectivity index (χ0v) is 18.4. The Balaban J connectivity index is 1.71. The van der Waals surface area contributed by atoms with Crippen LogP contribution in [0.5, 0.6) is 0 Å². The summed E-state index contributed by atoms with van der Waals surface area (Å²) in [5.41, 5.74) is 11.5. The van der Waals surface area contributed by atoms with E-state index in [1.807, 2.05) is 0 Å². The minimum absolute atomic E-state index is 0.0181. The summed E-state index contributed by atoms with van der Waals surface area (Å²) in [5.74, 6) is 0.0307. The highest BCUT2D eigenvalue weighted by Crippen LogP contribution is 2.30. The van der Waals surface area contributed by atoms with Crippen molar-refractivity contribution >= 4 is 45.0 Å². The van der Waals surface area contributed by atoms with Crippen LogP contribution in [0.1, 0.15) is 32.1 Å². The van der Waals surface area contributed by atoms with E-state index in [2.05, 4.69) is 15.3 Å². The summed E-state index contributed by atoms with van der Waals surface area (Å²) in [5, 5.41) is 2.97. The Labute approximate surface area is 180 Å². The van der Waals surface area contributed by atoms with E-state index in [1.165, 1.54) is 16.4 Å². The third-order valence-corrected chi connectivity index (χ3v) is 7.80. The molecule has 9 nitrogen and oxygen atoms in total. The highest BCUT2D eigenvalue weighted by molar-refractivity contribution is 7.99. The molecule has 0 spiro atoms. The number of amides is 1. The first-order valence-electron chi connectivity index (χ1n) is 9.67. The van der Waals surface area contributed by atoms with Gasteiger partial charge in [0.25, 0.3) is 0 Å². The van der Waals surface area contributed by atoms with Crippen LogP contribution >= 0.6 is 11.8 Å². The molecule has 1 aliphatic rings. The topological polar surface area (TPSA) is 144 Å². The number of aromatic nitrogens is 2. The van der Waals surface area contributed by atoms with Crippen molar-refractivity contribution in [3.63, 3.8) is 0 Å². The fourth-order valence-electron chi connectivity index (χ4n) is 3.43. The Hall–Kier alpha value is -2.37. The molecule has 1 amide bonds. The minimum atomic E-state index is -3.74. The van der Waals surface area contributed by atoms with Gasteiger partial charge in [0.2, 0.25) is 15.9 Å². The normalized spacial score (nSPS) is 15.3. The number of nitrogens with zero attached hydrogens (tertiary/aromatic N) is 3. The van der Waals surface area contributed by atoms with Gasteiger partial charge in [-0.05, 0) is 25.0 Å². The highest BCUT2D eigenvalue weighted by atomic mass is 32.2. The second kappa shape index (κ2) is 9.63. The number of hydrogen-bond acceptors (Lipinski definition) is 8. The third-order valence-electron chi connectivity index (χ3n) is 4.98. The lowest BCUT2D eigenvalue weighted by Gasteiger charge is -2.30. The molecule has 1 aromatic carbocycles. The van der Waals surface area contributed by atoms with Crippen molar-refractivity contribution < 1.29 is 13.2 Å². The predicted molar refractivity (Wildman–Crippen MR) is 118 cm³/mol. The molecule has 0 atom stereocenters. The maximum atomic E-state index is 13.2. The summed E-state index contributed by atoms with van der Waals surface area (Å²) < 4.78 is 27.9. The standard InChI is InChI=1S/C19H26N6O3S2/c1-25(13-7-3-2-4-8-13)30(27,28)15-10-6-5-9-14(15)22-18(26)12-29-19-23-16(20)11-17(21)24-19/h5-6,9-11,13H,2-4,7-8,12H2,1H3,(H,22,26)(H4,20,21,23,24). The number of benzene rings is 1. The molecule has 0 saturated heterocycles. The monoisotopic (exact) mass is 450 g/mol. The fourth-order valence-corrected chi connectivity index (χ4v) is 5.67. The lowest BCUT2D eigenvalue weighted by molar-refractivity contribution is -0.113. The van der Waals surface area contributed by atoms with Crippen LogP contribution in [0.2, 0.25) is 0 Å². The summed E-state index contributed by atoms with van der Waals surface area (Å²) in [6.45, 7) is 0. The number of nitrogens with one attached hydrogen (secondary N) is 1. The van der Waals surface area contributed by atoms with Gasteiger partial charge in [0.1, 0.15) is 16.5 Å². The van der Waals surface area contributed by atoms with Crippen LogP contribution in [0, 0.1) is 0 Å². The number of anilines is 3. The van der Waals surface area contributed by atoms with Crippen molar-refractivity contribution in [2.24, 2.45) is 0 Å². The largest absolute Gasteiger partial charge is 0.383 e. The van der Waals surface area contributed by atoms with E-state index < -0.39 is 10.0 Å². The first kappa shape index (κ1) is 22.3. The third kappa shape index (κ3) is 5.41. The molecule has 1 aliphatic carbocycles. The second-order valence-electron chi connectivity index (χ2n) is 7.15. The zero-order valence-electron chi connectivity index (χ0n) is 16.7. The van der Waals surface area contributed by atoms with E-state index in [-0.39, 0.29) is 45.1 Å². The van der Waals surface area contributed by atoms with Gasteiger partial charge < -0.3 is 16.8 Å². The van der Waals surface area contributed by atoms with Crippen LogP contribution in [0.3, 0.4) is 0 Å². The lowest BCUT2D eigenvalue weighted by atomic mass is 9.96. The average molecular weight is 451 g/mol. The molecule has 1 saturated carbocycles. The number of carbonyl (C=O) groups is 1. The molecule has 162 valence electrons. The smallest absolute Gasteiger partial charge is 0.245 e. The van der Waals surface area contributed by atoms with Crippen LogP contribution in [0.4, 0.5) is 17.3 Å². The van der Waals surface area contributed by atoms with Gasteiger partial charge in [-0.25, -0.2) is 18.4 Å². The van der Waals surface area contributed by atoms with Gasteiger partial charge in [-0.15, -0.1) is 0 Å². The molecule has 11 heteroatoms. The van der Waals surface area contributed by atoms with E-state index in [0.717, 1.165) is 43.9 Å². The van der Waals surface area contributed by atoms with E-state index in [1.54, 1.807) is 25.2 Å². The first-order valence-corrected chi connectivity index (χ1v) is 12.1. The Morgan fingerprint density at radius 2 is 1.80 bits per heavy atom. The predicted octanol–water partition coefficient (Wildman–Crippen LogP) is 2.32. The van der Waals surface area contributed by atoms with Crippen LogP contribution in [-0.2, 0) is 14.8 Å². The van der Waals surface area contributed by atoms with Crippen LogP contribution < -0.4 is 16.8 Å². The molecule has 3 rings (SSSR count). The lowest BCUT2D eigenvalue weighted by Crippen LogP contribution is -2.38. The average Bonchev–Trinajstić information content (AvgIpc) is 2.72. The molecule has 1 heterocycles. The van der Waals surface area contributed by atoms with Gasteiger partial charge in [0.05, 0.1) is 11.4 Å².